The fourth-order valence-electron chi connectivity index (χ4n) is 5.11. The minimum Gasteiger partial charge on any atom is -0.383 e. The molecule has 2 aromatic heterocycles. The van der Waals surface area contributed by atoms with Crippen LogP contribution in [0.15, 0.2) is 55.8 Å². The number of pyridine rings is 1. The van der Waals surface area contributed by atoms with Gasteiger partial charge in [-0.05, 0) is 87.8 Å². The molecule has 3 heterocycles. The van der Waals surface area contributed by atoms with Crippen LogP contribution in [0.25, 0.3) is 0 Å². The van der Waals surface area contributed by atoms with E-state index in [1.807, 2.05) is 24.3 Å². The summed E-state index contributed by atoms with van der Waals surface area (Å²) < 4.78 is 2.31. The largest absolute Gasteiger partial charge is 0.383 e. The van der Waals surface area contributed by atoms with E-state index in [4.69, 9.17) is 11.5 Å². The predicted molar refractivity (Wildman–Crippen MR) is 136 cm³/mol. The minimum absolute atomic E-state index is 0.000421. The van der Waals surface area contributed by atoms with Crippen molar-refractivity contribution in [2.24, 2.45) is 18.2 Å². The summed E-state index contributed by atoms with van der Waals surface area (Å²) in [5.41, 5.74) is 15.5. The van der Waals surface area contributed by atoms with Crippen LogP contribution < -0.4 is 21.9 Å². The van der Waals surface area contributed by atoms with Crippen molar-refractivity contribution in [1.29, 1.82) is 5.26 Å². The molecule has 34 heavy (non-hydrogen) atoms. The highest BCUT2D eigenvalue weighted by Gasteiger charge is 2.46. The highest BCUT2D eigenvalue weighted by Crippen LogP contribution is 2.51. The number of nitrogens with zero attached hydrogens (tertiary/aromatic N) is 5. The number of rotatable bonds is 3. The van der Waals surface area contributed by atoms with Gasteiger partial charge in [-0.25, -0.2) is 9.97 Å². The molecule has 1 spiro atoms. The van der Waals surface area contributed by atoms with Crippen LogP contribution in [-0.4, -0.2) is 27.6 Å². The van der Waals surface area contributed by atoms with E-state index in [-0.39, 0.29) is 17.0 Å². The molecule has 3 aromatic rings. The van der Waals surface area contributed by atoms with Gasteiger partial charge in [0, 0.05) is 32.4 Å². The Kier molecular flexibility index (Phi) is 5.88. The minimum atomic E-state index is -0.0955. The maximum Gasteiger partial charge on any atom is 0.265 e. The molecule has 0 amide bonds. The summed E-state index contributed by atoms with van der Waals surface area (Å²) in [6.45, 7) is 1.64. The lowest BCUT2D eigenvalue weighted by Gasteiger charge is -2.43. The van der Waals surface area contributed by atoms with E-state index in [0.717, 1.165) is 43.7 Å². The van der Waals surface area contributed by atoms with Crippen molar-refractivity contribution in [3.8, 4) is 6.07 Å². The number of hydrogen-bond acceptors (Lipinski definition) is 8. The fourth-order valence-corrected chi connectivity index (χ4v) is 6.11. The predicted octanol–water partition coefficient (Wildman–Crippen LogP) is 3.39. The summed E-state index contributed by atoms with van der Waals surface area (Å²) in [5.74, 6) is 1.22. The van der Waals surface area contributed by atoms with Gasteiger partial charge in [0.25, 0.3) is 5.56 Å². The quantitative estimate of drug-likeness (QED) is 0.486. The Hall–Kier alpha value is -2.87. The molecule has 1 aliphatic heterocycles. The van der Waals surface area contributed by atoms with Crippen LogP contribution in [0.2, 0.25) is 0 Å². The average Bonchev–Trinajstić information content (AvgIpc) is 3.10. The Morgan fingerprint density at radius 3 is 2.74 bits per heavy atom. The zero-order valence-electron chi connectivity index (χ0n) is 18.7. The zero-order valence-corrected chi connectivity index (χ0v) is 21.1. The van der Waals surface area contributed by atoms with Crippen LogP contribution >= 0.6 is 27.7 Å². The average molecular weight is 538 g/mol. The molecular formula is C24H24BrN7OS. The molecule has 1 aliphatic carbocycles. The van der Waals surface area contributed by atoms with Gasteiger partial charge < -0.3 is 16.4 Å². The summed E-state index contributed by atoms with van der Waals surface area (Å²) in [6, 6.07) is 11.8. The molecule has 1 atom stereocenters. The molecule has 5 rings (SSSR count). The van der Waals surface area contributed by atoms with Crippen molar-refractivity contribution >= 4 is 39.3 Å². The molecule has 10 heteroatoms. The second-order valence-corrected chi connectivity index (χ2v) is 10.8. The second kappa shape index (κ2) is 8.73. The van der Waals surface area contributed by atoms with Gasteiger partial charge in [0.1, 0.15) is 11.6 Å². The molecule has 1 fully saturated rings. The van der Waals surface area contributed by atoms with Gasteiger partial charge in [0.05, 0.1) is 21.0 Å². The van der Waals surface area contributed by atoms with Crippen molar-refractivity contribution in [3.05, 3.63) is 68.0 Å². The van der Waals surface area contributed by atoms with Crippen molar-refractivity contribution in [2.75, 3.05) is 23.7 Å². The highest BCUT2D eigenvalue weighted by molar-refractivity contribution is 9.10. The van der Waals surface area contributed by atoms with E-state index in [2.05, 4.69) is 42.9 Å². The van der Waals surface area contributed by atoms with Crippen molar-refractivity contribution in [2.45, 2.75) is 35.4 Å². The lowest BCUT2D eigenvalue weighted by atomic mass is 9.73. The van der Waals surface area contributed by atoms with Crippen LogP contribution in [0.1, 0.15) is 35.6 Å². The molecule has 4 N–H and O–H groups in total. The summed E-state index contributed by atoms with van der Waals surface area (Å²) in [4.78, 5) is 24.3. The molecular weight excluding hydrogens is 514 g/mol. The Balaban J connectivity index is 1.32. The number of halogens is 1. The van der Waals surface area contributed by atoms with Crippen LogP contribution in [0.3, 0.4) is 0 Å². The number of aromatic nitrogens is 3. The Morgan fingerprint density at radius 2 is 2.03 bits per heavy atom. The molecule has 0 saturated carbocycles. The fraction of sp³-hybridized carbons (Fsp3) is 0.333. The monoisotopic (exact) mass is 537 g/mol. The van der Waals surface area contributed by atoms with Gasteiger partial charge in [-0.15, -0.1) is 0 Å². The Bertz CT molecular complexity index is 1370. The van der Waals surface area contributed by atoms with Crippen LogP contribution in [-0.2, 0) is 13.5 Å². The number of anilines is 2. The lowest BCUT2D eigenvalue weighted by molar-refractivity contribution is 0.187. The van der Waals surface area contributed by atoms with E-state index in [9.17, 15) is 10.1 Å². The maximum absolute atomic E-state index is 13.1. The number of fused-ring (bicyclic) bond motifs is 1. The first-order valence-corrected chi connectivity index (χ1v) is 12.6. The lowest BCUT2D eigenvalue weighted by Crippen LogP contribution is -2.45. The Labute approximate surface area is 210 Å². The van der Waals surface area contributed by atoms with Crippen LogP contribution in [0, 0.1) is 16.7 Å². The third kappa shape index (κ3) is 3.87. The van der Waals surface area contributed by atoms with Gasteiger partial charge >= 0.3 is 0 Å². The number of piperidine rings is 1. The highest BCUT2D eigenvalue weighted by atomic mass is 79.9. The smallest absolute Gasteiger partial charge is 0.265 e. The van der Waals surface area contributed by atoms with E-state index in [1.165, 1.54) is 17.3 Å². The van der Waals surface area contributed by atoms with E-state index < -0.39 is 0 Å². The topological polar surface area (TPSA) is 127 Å². The van der Waals surface area contributed by atoms with Crippen molar-refractivity contribution in [1.82, 2.24) is 14.5 Å². The number of nitrogen functional groups attached to an aromatic ring is 1. The van der Waals surface area contributed by atoms with Gasteiger partial charge in [0.15, 0.2) is 5.16 Å². The third-order valence-corrected chi connectivity index (χ3v) is 8.61. The summed E-state index contributed by atoms with van der Waals surface area (Å²) in [5, 5.41) is 9.68. The van der Waals surface area contributed by atoms with Crippen molar-refractivity contribution < 1.29 is 0 Å². The molecule has 174 valence electrons. The number of nitrogens with two attached hydrogens (primary N) is 2. The first-order chi connectivity index (χ1) is 16.3. The summed E-state index contributed by atoms with van der Waals surface area (Å²) in [7, 11) is 1.80. The van der Waals surface area contributed by atoms with Gasteiger partial charge in [-0.1, -0.05) is 6.07 Å². The summed E-state index contributed by atoms with van der Waals surface area (Å²) >= 11 is 4.49. The van der Waals surface area contributed by atoms with Crippen LogP contribution in [0.5, 0.6) is 0 Å². The maximum atomic E-state index is 13.1. The molecule has 2 aliphatic rings. The molecule has 0 bridgehead atoms. The zero-order chi connectivity index (χ0) is 24.0. The van der Waals surface area contributed by atoms with Crippen molar-refractivity contribution in [3.63, 3.8) is 0 Å². The molecule has 8 nitrogen and oxygen atoms in total. The van der Waals surface area contributed by atoms with Crippen LogP contribution in [0.4, 0.5) is 11.6 Å². The first kappa shape index (κ1) is 22.9. The third-order valence-electron chi connectivity index (χ3n) is 7.09. The molecule has 0 radical (unpaired) electrons. The van der Waals surface area contributed by atoms with Gasteiger partial charge in [-0.2, -0.15) is 5.26 Å². The molecule has 1 saturated heterocycles. The number of benzene rings is 1. The Morgan fingerprint density at radius 1 is 1.26 bits per heavy atom. The summed E-state index contributed by atoms with van der Waals surface area (Å²) in [6.07, 6.45) is 4.39. The molecule has 1 aromatic carbocycles. The first-order valence-electron chi connectivity index (χ1n) is 11.0. The second-order valence-electron chi connectivity index (χ2n) is 8.94. The SMILES string of the molecule is Cn1c(N2CCC3(CC2)Cc2ccc(C#N)cc2[C@H]3N)ccc(Sc2ncc(Br)c(N)n2)c1=O. The standard InChI is InChI=1S/C24H24BrN7OS/c1-31-19(5-4-18(22(31)33)34-23-29-13-17(25)21(28)30-23)32-8-6-24(7-9-32)11-15-3-2-14(12-26)10-16(15)20(24)27/h2-5,10,13,20H,6-9,11,27H2,1H3,(H2,28,29,30)/t20-/m1/s1. The number of nitriles is 1. The number of hydrogen-bond donors (Lipinski definition) is 2. The van der Waals surface area contributed by atoms with Gasteiger partial charge in [0.2, 0.25) is 0 Å². The van der Waals surface area contributed by atoms with Gasteiger partial charge in [-0.3, -0.25) is 9.36 Å². The van der Waals surface area contributed by atoms with E-state index in [1.54, 1.807) is 17.8 Å². The normalized spacial score (nSPS) is 18.6. The molecule has 0 unspecified atom stereocenters. The van der Waals surface area contributed by atoms with E-state index >= 15 is 0 Å². The van der Waals surface area contributed by atoms with E-state index in [0.29, 0.717) is 25.9 Å².